The molecule has 2 N–H and O–H groups in total. The maximum absolute atomic E-state index is 13.2. The summed E-state index contributed by atoms with van der Waals surface area (Å²) in [5.74, 6) is -0.0158. The summed E-state index contributed by atoms with van der Waals surface area (Å²) in [6.07, 6.45) is 2.27. The number of benzene rings is 2. The Kier molecular flexibility index (Phi) is 5.44. The predicted octanol–water partition coefficient (Wildman–Crippen LogP) is 2.57. The predicted molar refractivity (Wildman–Crippen MR) is 109 cm³/mol. The van der Waals surface area contributed by atoms with E-state index in [2.05, 4.69) is 22.8 Å². The second-order valence-electron chi connectivity index (χ2n) is 7.74. The fraction of sp³-hybridized carbons (Fsp3) is 0.391. The third kappa shape index (κ3) is 3.80. The molecular weight excluding hydrogens is 350 g/mol. The van der Waals surface area contributed by atoms with Gasteiger partial charge in [-0.05, 0) is 42.9 Å². The molecule has 2 aromatic rings. The number of carbonyl (C=O) groups is 2. The lowest BCUT2D eigenvalue weighted by atomic mass is 9.95. The molecule has 0 aromatic heterocycles. The second kappa shape index (κ2) is 8.15. The summed E-state index contributed by atoms with van der Waals surface area (Å²) in [4.78, 5) is 27.8. The quantitative estimate of drug-likeness (QED) is 0.861. The van der Waals surface area contributed by atoms with Crippen LogP contribution in [0.3, 0.4) is 0 Å². The summed E-state index contributed by atoms with van der Waals surface area (Å²) >= 11 is 0. The van der Waals surface area contributed by atoms with Crippen LogP contribution in [0.1, 0.15) is 42.5 Å². The number of amides is 2. The van der Waals surface area contributed by atoms with Gasteiger partial charge in [-0.3, -0.25) is 9.59 Å². The van der Waals surface area contributed by atoms with Crippen LogP contribution in [0.5, 0.6) is 0 Å². The molecule has 2 aliphatic rings. The van der Waals surface area contributed by atoms with Gasteiger partial charge in [0.15, 0.2) is 0 Å². The zero-order chi connectivity index (χ0) is 19.5. The van der Waals surface area contributed by atoms with E-state index in [9.17, 15) is 9.59 Å². The first kappa shape index (κ1) is 18.7. The lowest BCUT2D eigenvalue weighted by Crippen LogP contribution is -2.54. The van der Waals surface area contributed by atoms with Crippen LogP contribution in [0, 0.1) is 0 Å². The fourth-order valence-corrected chi connectivity index (χ4v) is 4.27. The second-order valence-corrected chi connectivity index (χ2v) is 7.74. The molecule has 0 spiro atoms. The largest absolute Gasteiger partial charge is 0.348 e. The van der Waals surface area contributed by atoms with Crippen molar-refractivity contribution in [2.75, 3.05) is 6.54 Å². The van der Waals surface area contributed by atoms with E-state index in [1.54, 1.807) is 4.90 Å². The van der Waals surface area contributed by atoms with E-state index in [-0.39, 0.29) is 29.9 Å². The molecule has 1 fully saturated rings. The molecule has 146 valence electrons. The van der Waals surface area contributed by atoms with Gasteiger partial charge in [0.25, 0.3) is 0 Å². The van der Waals surface area contributed by atoms with E-state index < -0.39 is 0 Å². The maximum Gasteiger partial charge on any atom is 0.243 e. The van der Waals surface area contributed by atoms with Gasteiger partial charge >= 0.3 is 0 Å². The van der Waals surface area contributed by atoms with Crippen molar-refractivity contribution in [3.05, 3.63) is 71.3 Å². The lowest BCUT2D eigenvalue weighted by Gasteiger charge is -2.32. The van der Waals surface area contributed by atoms with Crippen molar-refractivity contribution in [3.63, 3.8) is 0 Å². The van der Waals surface area contributed by atoms with Crippen LogP contribution in [-0.2, 0) is 22.6 Å². The molecule has 2 amide bonds. The molecule has 2 heterocycles. The molecule has 0 radical (unpaired) electrons. The highest BCUT2D eigenvalue weighted by Crippen LogP contribution is 2.23. The maximum atomic E-state index is 13.2. The minimum atomic E-state index is -0.377. The van der Waals surface area contributed by atoms with Gasteiger partial charge in [-0.1, -0.05) is 54.6 Å². The van der Waals surface area contributed by atoms with Crippen LogP contribution >= 0.6 is 0 Å². The molecule has 5 heteroatoms. The summed E-state index contributed by atoms with van der Waals surface area (Å²) in [6.45, 7) is 3.33. The van der Waals surface area contributed by atoms with Gasteiger partial charge < -0.3 is 15.5 Å². The zero-order valence-corrected chi connectivity index (χ0v) is 16.2. The highest BCUT2D eigenvalue weighted by Gasteiger charge is 2.38. The normalized spacial score (nSPS) is 22.4. The van der Waals surface area contributed by atoms with Gasteiger partial charge in [-0.2, -0.15) is 0 Å². The molecule has 4 rings (SSSR count). The number of fused-ring (bicyclic) bond motifs is 1. The van der Waals surface area contributed by atoms with Crippen molar-refractivity contribution < 1.29 is 9.59 Å². The Morgan fingerprint density at radius 1 is 1.07 bits per heavy atom. The number of rotatable bonds is 4. The Hall–Kier alpha value is -2.66. The molecule has 2 aromatic carbocycles. The van der Waals surface area contributed by atoms with Gasteiger partial charge in [0.1, 0.15) is 6.04 Å². The number of nitrogens with zero attached hydrogens (tertiary/aromatic N) is 1. The van der Waals surface area contributed by atoms with Crippen LogP contribution in [0.25, 0.3) is 0 Å². The van der Waals surface area contributed by atoms with E-state index in [0.717, 1.165) is 18.4 Å². The minimum Gasteiger partial charge on any atom is -0.348 e. The van der Waals surface area contributed by atoms with Crippen LogP contribution < -0.4 is 10.6 Å². The molecule has 0 bridgehead atoms. The smallest absolute Gasteiger partial charge is 0.243 e. The van der Waals surface area contributed by atoms with Crippen molar-refractivity contribution in [2.24, 2.45) is 0 Å². The van der Waals surface area contributed by atoms with E-state index in [0.29, 0.717) is 19.5 Å². The number of likely N-dealkylation sites (tertiary alicyclic amines) is 1. The van der Waals surface area contributed by atoms with Gasteiger partial charge in [-0.25, -0.2) is 0 Å². The summed E-state index contributed by atoms with van der Waals surface area (Å²) in [7, 11) is 0. The van der Waals surface area contributed by atoms with Crippen LogP contribution in [-0.4, -0.2) is 35.3 Å². The van der Waals surface area contributed by atoms with Crippen molar-refractivity contribution in [3.8, 4) is 0 Å². The number of nitrogens with one attached hydrogen (secondary N) is 2. The van der Waals surface area contributed by atoms with Crippen LogP contribution in [0.4, 0.5) is 0 Å². The van der Waals surface area contributed by atoms with E-state index >= 15 is 0 Å². The number of carbonyl (C=O) groups excluding carboxylic acids is 2. The Morgan fingerprint density at radius 3 is 2.57 bits per heavy atom. The van der Waals surface area contributed by atoms with Gasteiger partial charge in [-0.15, -0.1) is 0 Å². The van der Waals surface area contributed by atoms with Crippen LogP contribution in [0.2, 0.25) is 0 Å². The van der Waals surface area contributed by atoms with Crippen molar-refractivity contribution in [1.82, 2.24) is 15.5 Å². The first-order chi connectivity index (χ1) is 13.6. The average molecular weight is 377 g/mol. The zero-order valence-electron chi connectivity index (χ0n) is 16.2. The first-order valence-electron chi connectivity index (χ1n) is 10.1. The SMILES string of the molecule is C[C@@H](NC(=O)[C@@H]1CCCN1C(=O)[C@@H]1Cc2ccccc2CN1)c1ccccc1. The summed E-state index contributed by atoms with van der Waals surface area (Å²) in [6, 6.07) is 17.4. The molecule has 2 aliphatic heterocycles. The van der Waals surface area contributed by atoms with E-state index in [1.807, 2.05) is 49.4 Å². The fourth-order valence-electron chi connectivity index (χ4n) is 4.27. The average Bonchev–Trinajstić information content (AvgIpc) is 3.23. The topological polar surface area (TPSA) is 61.4 Å². The Bertz CT molecular complexity index is 852. The molecule has 3 atom stereocenters. The van der Waals surface area contributed by atoms with Crippen molar-refractivity contribution >= 4 is 11.8 Å². The van der Waals surface area contributed by atoms with Crippen LogP contribution in [0.15, 0.2) is 54.6 Å². The molecule has 0 aliphatic carbocycles. The standard InChI is InChI=1S/C23H27N3O2/c1-16(17-8-3-2-4-9-17)25-22(27)21-12-7-13-26(21)23(28)20-14-18-10-5-6-11-19(18)15-24-20/h2-6,8-11,16,20-21,24H,7,12-15H2,1H3,(H,25,27)/t16-,20+,21+/m1/s1. The van der Waals surface area contributed by atoms with Crippen molar-refractivity contribution in [1.29, 1.82) is 0 Å². The third-order valence-corrected chi connectivity index (χ3v) is 5.88. The molecular formula is C23H27N3O2. The molecule has 1 saturated heterocycles. The first-order valence-corrected chi connectivity index (χ1v) is 10.1. The monoisotopic (exact) mass is 377 g/mol. The number of hydrogen-bond donors (Lipinski definition) is 2. The minimum absolute atomic E-state index is 0.0412. The Labute approximate surface area is 166 Å². The third-order valence-electron chi connectivity index (χ3n) is 5.88. The van der Waals surface area contributed by atoms with Gasteiger partial charge in [0.2, 0.25) is 11.8 Å². The van der Waals surface area contributed by atoms with E-state index in [1.165, 1.54) is 11.1 Å². The molecule has 0 unspecified atom stereocenters. The van der Waals surface area contributed by atoms with Gasteiger partial charge in [0, 0.05) is 13.1 Å². The highest BCUT2D eigenvalue weighted by molar-refractivity contribution is 5.90. The summed E-state index contributed by atoms with van der Waals surface area (Å²) < 4.78 is 0. The molecule has 0 saturated carbocycles. The lowest BCUT2D eigenvalue weighted by molar-refractivity contribution is -0.140. The van der Waals surface area contributed by atoms with Crippen molar-refractivity contribution in [2.45, 2.75) is 50.9 Å². The Balaban J connectivity index is 1.42. The van der Waals surface area contributed by atoms with E-state index in [4.69, 9.17) is 0 Å². The van der Waals surface area contributed by atoms with Gasteiger partial charge in [0.05, 0.1) is 12.1 Å². The summed E-state index contributed by atoms with van der Waals surface area (Å²) in [5, 5.41) is 6.44. The molecule has 28 heavy (non-hydrogen) atoms. The molecule has 5 nitrogen and oxygen atoms in total. The Morgan fingerprint density at radius 2 is 1.79 bits per heavy atom. The summed E-state index contributed by atoms with van der Waals surface area (Å²) in [5.41, 5.74) is 3.54. The highest BCUT2D eigenvalue weighted by atomic mass is 16.2. The number of hydrogen-bond acceptors (Lipinski definition) is 3.